The summed E-state index contributed by atoms with van der Waals surface area (Å²) in [6.07, 6.45) is 1.78. The molecule has 0 aliphatic carbocycles. The van der Waals surface area contributed by atoms with Gasteiger partial charge in [-0.25, -0.2) is 4.79 Å². The SMILES string of the molecule is CCOc1ccc(C(=O)OCC(=O)N2CCCC2c2cccs2)cc1[N+](=O)[O-]. The molecule has 1 atom stereocenters. The third kappa shape index (κ3) is 4.30. The van der Waals surface area contributed by atoms with Gasteiger partial charge in [0.1, 0.15) is 0 Å². The van der Waals surface area contributed by atoms with E-state index in [2.05, 4.69) is 0 Å². The molecule has 0 spiro atoms. The molecule has 2 heterocycles. The minimum Gasteiger partial charge on any atom is -0.487 e. The summed E-state index contributed by atoms with van der Waals surface area (Å²) in [5.41, 5.74) is -0.320. The number of ether oxygens (including phenoxy) is 2. The molecule has 0 radical (unpaired) electrons. The smallest absolute Gasteiger partial charge is 0.338 e. The Morgan fingerprint density at radius 2 is 2.18 bits per heavy atom. The van der Waals surface area contributed by atoms with Gasteiger partial charge < -0.3 is 14.4 Å². The zero-order valence-electron chi connectivity index (χ0n) is 15.3. The van der Waals surface area contributed by atoms with Crippen molar-refractivity contribution in [2.75, 3.05) is 19.8 Å². The van der Waals surface area contributed by atoms with E-state index in [0.29, 0.717) is 6.54 Å². The van der Waals surface area contributed by atoms with Crippen LogP contribution in [-0.2, 0) is 9.53 Å². The van der Waals surface area contributed by atoms with E-state index in [1.54, 1.807) is 23.2 Å². The highest BCUT2D eigenvalue weighted by Gasteiger charge is 2.31. The molecular formula is C19H20N2O6S. The van der Waals surface area contributed by atoms with Crippen LogP contribution in [0.3, 0.4) is 0 Å². The predicted octanol–water partition coefficient (Wildman–Crippen LogP) is 3.58. The largest absolute Gasteiger partial charge is 0.487 e. The number of carbonyl (C=O) groups excluding carboxylic acids is 2. The lowest BCUT2D eigenvalue weighted by molar-refractivity contribution is -0.385. The summed E-state index contributed by atoms with van der Waals surface area (Å²) < 4.78 is 10.3. The maximum absolute atomic E-state index is 12.5. The van der Waals surface area contributed by atoms with Crippen LogP contribution in [0.1, 0.15) is 41.0 Å². The van der Waals surface area contributed by atoms with Crippen LogP contribution in [0, 0.1) is 10.1 Å². The molecule has 8 nitrogen and oxygen atoms in total. The maximum Gasteiger partial charge on any atom is 0.338 e. The summed E-state index contributed by atoms with van der Waals surface area (Å²) in [5, 5.41) is 13.1. The number of thiophene rings is 1. The molecule has 1 amide bonds. The topological polar surface area (TPSA) is 99.0 Å². The molecular weight excluding hydrogens is 384 g/mol. The Morgan fingerprint density at radius 3 is 2.86 bits per heavy atom. The van der Waals surface area contributed by atoms with Crippen molar-refractivity contribution in [3.05, 3.63) is 56.3 Å². The van der Waals surface area contributed by atoms with E-state index in [-0.39, 0.29) is 35.6 Å². The lowest BCUT2D eigenvalue weighted by Crippen LogP contribution is -2.34. The second-order valence-corrected chi connectivity index (χ2v) is 7.19. The summed E-state index contributed by atoms with van der Waals surface area (Å²) in [5.74, 6) is -0.980. The van der Waals surface area contributed by atoms with Gasteiger partial charge >= 0.3 is 11.7 Å². The Kier molecular flexibility index (Phi) is 6.25. The third-order valence-corrected chi connectivity index (χ3v) is 5.44. The van der Waals surface area contributed by atoms with Gasteiger partial charge in [0.15, 0.2) is 12.4 Å². The number of esters is 1. The van der Waals surface area contributed by atoms with E-state index in [9.17, 15) is 19.7 Å². The van der Waals surface area contributed by atoms with Gasteiger partial charge in [-0.1, -0.05) is 6.07 Å². The van der Waals surface area contributed by atoms with E-state index in [4.69, 9.17) is 9.47 Å². The number of nitro benzene ring substituents is 1. The number of carbonyl (C=O) groups is 2. The Bertz CT molecular complexity index is 867. The van der Waals surface area contributed by atoms with Gasteiger partial charge in [-0.3, -0.25) is 14.9 Å². The summed E-state index contributed by atoms with van der Waals surface area (Å²) in [7, 11) is 0. The lowest BCUT2D eigenvalue weighted by Gasteiger charge is -2.23. The fourth-order valence-electron chi connectivity index (χ4n) is 3.20. The molecule has 1 aromatic heterocycles. The molecule has 1 unspecified atom stereocenters. The van der Waals surface area contributed by atoms with Crippen molar-refractivity contribution in [2.45, 2.75) is 25.8 Å². The number of nitro groups is 1. The molecule has 3 rings (SSSR count). The zero-order valence-corrected chi connectivity index (χ0v) is 16.1. The Balaban J connectivity index is 1.64. The Morgan fingerprint density at radius 1 is 1.36 bits per heavy atom. The summed E-state index contributed by atoms with van der Waals surface area (Å²) >= 11 is 1.59. The van der Waals surface area contributed by atoms with Gasteiger partial charge in [0.05, 0.1) is 23.1 Å². The molecule has 1 saturated heterocycles. The fraction of sp³-hybridized carbons (Fsp3) is 0.368. The molecule has 2 aromatic rings. The number of nitrogens with zero attached hydrogens (tertiary/aromatic N) is 2. The normalized spacial score (nSPS) is 16.0. The van der Waals surface area contributed by atoms with E-state index in [1.165, 1.54) is 12.1 Å². The maximum atomic E-state index is 12.5. The second-order valence-electron chi connectivity index (χ2n) is 6.21. The standard InChI is InChI=1S/C19H20N2O6S/c1-2-26-16-8-7-13(11-15(16)21(24)25)19(23)27-12-18(22)20-9-3-5-14(20)17-6-4-10-28-17/h4,6-8,10-11,14H,2-3,5,9,12H2,1H3. The number of hydrogen-bond donors (Lipinski definition) is 0. The molecule has 1 fully saturated rings. The lowest BCUT2D eigenvalue weighted by atomic mass is 10.2. The average molecular weight is 404 g/mol. The number of benzene rings is 1. The van der Waals surface area contributed by atoms with Crippen LogP contribution >= 0.6 is 11.3 Å². The third-order valence-electron chi connectivity index (χ3n) is 4.46. The predicted molar refractivity (Wildman–Crippen MR) is 103 cm³/mol. The fourth-order valence-corrected chi connectivity index (χ4v) is 4.07. The van der Waals surface area contributed by atoms with Gasteiger partial charge in [0.2, 0.25) is 0 Å². The van der Waals surface area contributed by atoms with Gasteiger partial charge in [-0.2, -0.15) is 0 Å². The van der Waals surface area contributed by atoms with Crippen molar-refractivity contribution in [3.8, 4) is 5.75 Å². The molecule has 0 saturated carbocycles. The first kappa shape index (κ1) is 19.8. The number of hydrogen-bond acceptors (Lipinski definition) is 7. The summed E-state index contributed by atoms with van der Waals surface area (Å²) in [4.78, 5) is 38.2. The first-order valence-corrected chi connectivity index (χ1v) is 9.80. The van der Waals surface area contributed by atoms with Crippen molar-refractivity contribution in [1.29, 1.82) is 0 Å². The Labute approximate surface area is 165 Å². The molecule has 28 heavy (non-hydrogen) atoms. The number of rotatable bonds is 7. The van der Waals surface area contributed by atoms with Crippen molar-refractivity contribution < 1.29 is 24.0 Å². The van der Waals surface area contributed by atoms with Gasteiger partial charge in [-0.15, -0.1) is 11.3 Å². The quantitative estimate of drug-likeness (QED) is 0.397. The minimum absolute atomic E-state index is 0.000758. The average Bonchev–Trinajstić information content (AvgIpc) is 3.37. The van der Waals surface area contributed by atoms with Crippen LogP contribution in [0.2, 0.25) is 0 Å². The number of likely N-dealkylation sites (tertiary alicyclic amines) is 1. The molecule has 1 aliphatic heterocycles. The first-order chi connectivity index (χ1) is 13.5. The van der Waals surface area contributed by atoms with Crippen LogP contribution in [0.25, 0.3) is 0 Å². The molecule has 1 aliphatic rings. The monoisotopic (exact) mass is 404 g/mol. The van der Waals surface area contributed by atoms with E-state index in [1.807, 2.05) is 17.5 Å². The molecule has 9 heteroatoms. The molecule has 148 valence electrons. The van der Waals surface area contributed by atoms with Crippen molar-refractivity contribution in [3.63, 3.8) is 0 Å². The van der Waals surface area contributed by atoms with Crippen molar-refractivity contribution >= 4 is 28.9 Å². The van der Waals surface area contributed by atoms with Gasteiger partial charge in [-0.05, 0) is 43.3 Å². The highest BCUT2D eigenvalue weighted by atomic mass is 32.1. The van der Waals surface area contributed by atoms with Crippen molar-refractivity contribution in [1.82, 2.24) is 4.90 Å². The van der Waals surface area contributed by atoms with Crippen LogP contribution in [0.15, 0.2) is 35.7 Å². The molecule has 0 N–H and O–H groups in total. The number of amides is 1. The highest BCUT2D eigenvalue weighted by Crippen LogP contribution is 2.34. The van der Waals surface area contributed by atoms with Gasteiger partial charge in [0.25, 0.3) is 5.91 Å². The van der Waals surface area contributed by atoms with Crippen LogP contribution in [-0.4, -0.2) is 41.5 Å². The van der Waals surface area contributed by atoms with E-state index in [0.717, 1.165) is 23.8 Å². The van der Waals surface area contributed by atoms with Crippen LogP contribution < -0.4 is 4.74 Å². The molecule has 1 aromatic carbocycles. The van der Waals surface area contributed by atoms with E-state index < -0.39 is 17.5 Å². The minimum atomic E-state index is -0.786. The van der Waals surface area contributed by atoms with Gasteiger partial charge in [0, 0.05) is 17.5 Å². The summed E-state index contributed by atoms with van der Waals surface area (Å²) in [6, 6.07) is 7.79. The van der Waals surface area contributed by atoms with Crippen LogP contribution in [0.4, 0.5) is 5.69 Å². The second kappa shape index (κ2) is 8.83. The highest BCUT2D eigenvalue weighted by molar-refractivity contribution is 7.10. The van der Waals surface area contributed by atoms with Crippen LogP contribution in [0.5, 0.6) is 5.75 Å². The first-order valence-electron chi connectivity index (χ1n) is 8.92. The van der Waals surface area contributed by atoms with Crippen molar-refractivity contribution in [2.24, 2.45) is 0 Å². The Hall–Kier alpha value is -2.94. The zero-order chi connectivity index (χ0) is 20.1. The summed E-state index contributed by atoms with van der Waals surface area (Å²) in [6.45, 7) is 2.19. The molecule has 0 bridgehead atoms. The van der Waals surface area contributed by atoms with E-state index >= 15 is 0 Å².